The Balaban J connectivity index is 0.000000209. The van der Waals surface area contributed by atoms with Crippen LogP contribution < -0.4 is 11.5 Å². The molecule has 2 aromatic carbocycles. The van der Waals surface area contributed by atoms with Gasteiger partial charge in [0.05, 0.1) is 10.8 Å². The van der Waals surface area contributed by atoms with E-state index in [0.29, 0.717) is 32.1 Å². The van der Waals surface area contributed by atoms with Crippen molar-refractivity contribution in [2.24, 2.45) is 0 Å². The normalized spacial score (nSPS) is 10.1. The zero-order valence-corrected chi connectivity index (χ0v) is 17.5. The van der Waals surface area contributed by atoms with Crippen LogP contribution in [0.2, 0.25) is 10.0 Å². The maximum atomic E-state index is 11.0. The average Bonchev–Trinajstić information content (AvgIpc) is 3.04. The summed E-state index contributed by atoms with van der Waals surface area (Å²) in [6.07, 6.45) is 0.827. The van der Waals surface area contributed by atoms with E-state index in [1.54, 1.807) is 47.8 Å². The number of carboxylic acids is 1. The van der Waals surface area contributed by atoms with E-state index >= 15 is 0 Å². The smallest absolute Gasteiger partial charge is 0.339 e. The molecular weight excluding hydrogens is 439 g/mol. The molecule has 0 aliphatic carbocycles. The number of hydrogen-bond acceptors (Lipinski definition) is 6. The van der Waals surface area contributed by atoms with Crippen molar-refractivity contribution >= 4 is 69.2 Å². The quantitative estimate of drug-likeness (QED) is 0.264. The number of halogens is 2. The van der Waals surface area contributed by atoms with Crippen molar-refractivity contribution in [3.05, 3.63) is 63.5 Å². The number of thiophene rings is 1. The van der Waals surface area contributed by atoms with Gasteiger partial charge in [-0.05, 0) is 29.8 Å². The summed E-state index contributed by atoms with van der Waals surface area (Å²) in [6.45, 7) is 0. The van der Waals surface area contributed by atoms with Crippen molar-refractivity contribution in [1.82, 2.24) is 0 Å². The van der Waals surface area contributed by atoms with Gasteiger partial charge < -0.3 is 21.4 Å². The number of rotatable bonds is 5. The highest BCUT2D eigenvalue weighted by Crippen LogP contribution is 2.34. The zero-order chi connectivity index (χ0) is 20.7. The number of nitrogen functional groups attached to an aromatic ring is 2. The predicted molar refractivity (Wildman–Crippen MR) is 119 cm³/mol. The summed E-state index contributed by atoms with van der Waals surface area (Å²) in [4.78, 5) is 21.9. The standard InChI is InChI=1S/C11H8ClNO2S.C8H8ClNOS/c12-7-3-1-6(2-4-7)8-5-16-10(13)9(8)11(14)15;9-6-2-1-3-7(10)8(6)12-5-4-11/h1-5H,13H2,(H,14,15);1-4H,5,10H2. The first-order valence-corrected chi connectivity index (χ1v) is 10.4. The number of carbonyl (C=O) groups excluding carboxylic acids is 1. The first-order valence-electron chi connectivity index (χ1n) is 7.81. The van der Waals surface area contributed by atoms with Gasteiger partial charge in [0.2, 0.25) is 0 Å². The molecule has 146 valence electrons. The van der Waals surface area contributed by atoms with E-state index in [9.17, 15) is 9.59 Å². The summed E-state index contributed by atoms with van der Waals surface area (Å²) in [5.41, 5.74) is 13.5. The second kappa shape index (κ2) is 10.4. The molecule has 0 aliphatic rings. The minimum absolute atomic E-state index is 0.160. The molecule has 3 rings (SSSR count). The maximum Gasteiger partial charge on any atom is 0.339 e. The third-order valence-corrected chi connectivity index (χ3v) is 6.02. The number of hydrogen-bond donors (Lipinski definition) is 3. The van der Waals surface area contributed by atoms with E-state index in [1.165, 1.54) is 23.1 Å². The number of aromatic carboxylic acids is 1. The molecule has 0 saturated carbocycles. The largest absolute Gasteiger partial charge is 0.478 e. The van der Waals surface area contributed by atoms with Crippen molar-refractivity contribution in [2.75, 3.05) is 17.2 Å². The number of anilines is 2. The van der Waals surface area contributed by atoms with Gasteiger partial charge in [0, 0.05) is 26.5 Å². The Morgan fingerprint density at radius 3 is 2.39 bits per heavy atom. The molecule has 0 spiro atoms. The monoisotopic (exact) mass is 454 g/mol. The van der Waals surface area contributed by atoms with Gasteiger partial charge in [-0.2, -0.15) is 0 Å². The molecule has 0 amide bonds. The van der Waals surface area contributed by atoms with Gasteiger partial charge in [-0.3, -0.25) is 0 Å². The molecular formula is C19H16Cl2N2O3S2. The van der Waals surface area contributed by atoms with Crippen molar-refractivity contribution in [1.29, 1.82) is 0 Å². The zero-order valence-electron chi connectivity index (χ0n) is 14.4. The Kier molecular flexibility index (Phi) is 8.19. The molecule has 0 unspecified atom stereocenters. The van der Waals surface area contributed by atoms with Gasteiger partial charge in [0.25, 0.3) is 0 Å². The van der Waals surface area contributed by atoms with Gasteiger partial charge in [0.15, 0.2) is 0 Å². The third kappa shape index (κ3) is 5.65. The van der Waals surface area contributed by atoms with E-state index in [-0.39, 0.29) is 5.56 Å². The molecule has 1 heterocycles. The Labute approximate surface area is 180 Å². The molecule has 9 heteroatoms. The fraction of sp³-hybridized carbons (Fsp3) is 0.0526. The molecule has 3 aromatic rings. The summed E-state index contributed by atoms with van der Waals surface area (Å²) in [5, 5.41) is 12.3. The third-order valence-electron chi connectivity index (χ3n) is 3.48. The van der Waals surface area contributed by atoms with E-state index in [2.05, 4.69) is 0 Å². The van der Waals surface area contributed by atoms with Crippen LogP contribution in [-0.2, 0) is 4.79 Å². The minimum atomic E-state index is -1.01. The highest BCUT2D eigenvalue weighted by atomic mass is 35.5. The average molecular weight is 455 g/mol. The summed E-state index contributed by atoms with van der Waals surface area (Å²) in [5.74, 6) is -0.628. The van der Waals surface area contributed by atoms with Crippen LogP contribution >= 0.6 is 46.3 Å². The lowest BCUT2D eigenvalue weighted by Crippen LogP contribution is -2.00. The number of nitrogens with two attached hydrogens (primary N) is 2. The molecule has 5 N–H and O–H groups in total. The van der Waals surface area contributed by atoms with Crippen LogP contribution in [0.5, 0.6) is 0 Å². The Morgan fingerprint density at radius 2 is 1.82 bits per heavy atom. The Hall–Kier alpha value is -2.19. The second-order valence-corrected chi connectivity index (χ2v) is 8.12. The maximum absolute atomic E-state index is 11.0. The number of carboxylic acid groups (broad SMARTS) is 1. The lowest BCUT2D eigenvalue weighted by molar-refractivity contribution is -0.105. The van der Waals surface area contributed by atoms with Crippen molar-refractivity contribution in [3.8, 4) is 11.1 Å². The van der Waals surface area contributed by atoms with Gasteiger partial charge in [-0.1, -0.05) is 41.4 Å². The lowest BCUT2D eigenvalue weighted by atomic mass is 10.0. The Bertz CT molecular complexity index is 956. The summed E-state index contributed by atoms with van der Waals surface area (Å²) in [6, 6.07) is 12.3. The highest BCUT2D eigenvalue weighted by Gasteiger charge is 2.17. The first kappa shape index (κ1) is 22.1. The molecule has 0 aliphatic heterocycles. The van der Waals surface area contributed by atoms with E-state index in [4.69, 9.17) is 39.8 Å². The molecule has 0 bridgehead atoms. The van der Waals surface area contributed by atoms with Crippen LogP contribution in [-0.4, -0.2) is 23.1 Å². The SMILES string of the molecule is Nc1cccc(Cl)c1SCC=O.Nc1scc(-c2ccc(Cl)cc2)c1C(=O)O. The van der Waals surface area contributed by atoms with Gasteiger partial charge in [-0.15, -0.1) is 23.1 Å². The van der Waals surface area contributed by atoms with Crippen LogP contribution in [0, 0.1) is 0 Å². The van der Waals surface area contributed by atoms with Crippen LogP contribution in [0.4, 0.5) is 10.7 Å². The van der Waals surface area contributed by atoms with Crippen LogP contribution in [0.3, 0.4) is 0 Å². The van der Waals surface area contributed by atoms with Crippen molar-refractivity contribution < 1.29 is 14.7 Å². The lowest BCUT2D eigenvalue weighted by Gasteiger charge is -2.04. The minimum Gasteiger partial charge on any atom is -0.478 e. The molecule has 1 aromatic heterocycles. The highest BCUT2D eigenvalue weighted by molar-refractivity contribution is 8.00. The van der Waals surface area contributed by atoms with Crippen LogP contribution in [0.15, 0.2) is 52.7 Å². The van der Waals surface area contributed by atoms with Crippen molar-refractivity contribution in [3.63, 3.8) is 0 Å². The summed E-state index contributed by atoms with van der Waals surface area (Å²) >= 11 is 14.2. The van der Waals surface area contributed by atoms with Gasteiger partial charge >= 0.3 is 5.97 Å². The molecule has 0 radical (unpaired) electrons. The topological polar surface area (TPSA) is 106 Å². The number of benzene rings is 2. The molecule has 0 atom stereocenters. The van der Waals surface area contributed by atoms with E-state index in [1.807, 2.05) is 0 Å². The molecule has 0 fully saturated rings. The molecule has 0 saturated heterocycles. The number of carbonyl (C=O) groups is 2. The van der Waals surface area contributed by atoms with E-state index < -0.39 is 5.97 Å². The first-order chi connectivity index (χ1) is 13.3. The second-order valence-electron chi connectivity index (χ2n) is 5.34. The van der Waals surface area contributed by atoms with Crippen LogP contribution in [0.25, 0.3) is 11.1 Å². The van der Waals surface area contributed by atoms with Crippen molar-refractivity contribution in [2.45, 2.75) is 4.90 Å². The fourth-order valence-electron chi connectivity index (χ4n) is 2.23. The molecule has 28 heavy (non-hydrogen) atoms. The number of thioether (sulfide) groups is 1. The summed E-state index contributed by atoms with van der Waals surface area (Å²) in [7, 11) is 0. The van der Waals surface area contributed by atoms with Gasteiger partial charge in [0.1, 0.15) is 16.9 Å². The predicted octanol–water partition coefficient (Wildman–Crippen LogP) is 5.56. The summed E-state index contributed by atoms with van der Waals surface area (Å²) < 4.78 is 0. The Morgan fingerprint density at radius 1 is 1.14 bits per heavy atom. The number of aldehydes is 1. The van der Waals surface area contributed by atoms with Gasteiger partial charge in [-0.25, -0.2) is 4.79 Å². The fourth-order valence-corrected chi connectivity index (χ4v) is 4.19. The van der Waals surface area contributed by atoms with E-state index in [0.717, 1.165) is 16.7 Å². The molecule has 5 nitrogen and oxygen atoms in total. The van der Waals surface area contributed by atoms with Crippen LogP contribution in [0.1, 0.15) is 10.4 Å².